The molecule has 2 N–H and O–H groups in total. The zero-order valence-electron chi connectivity index (χ0n) is 9.78. The number of anilines is 1. The molecule has 1 atom stereocenters. The molecule has 1 saturated heterocycles. The minimum Gasteiger partial charge on any atom is -0.361 e. The van der Waals surface area contributed by atoms with Crippen molar-refractivity contribution in [2.75, 3.05) is 18.4 Å². The number of hydrogen-bond acceptors (Lipinski definition) is 4. The zero-order chi connectivity index (χ0) is 11.5. The lowest BCUT2D eigenvalue weighted by molar-refractivity contribution is 0.574. The minimum absolute atomic E-state index is 0.705. The van der Waals surface area contributed by atoms with Crippen LogP contribution in [0.15, 0.2) is 24.3 Å². The molecule has 1 aliphatic heterocycles. The number of nitrogens with zero attached hydrogens (tertiary/aromatic N) is 1. The van der Waals surface area contributed by atoms with Crippen molar-refractivity contribution in [3.05, 3.63) is 24.3 Å². The van der Waals surface area contributed by atoms with Crippen molar-refractivity contribution in [2.24, 2.45) is 0 Å². The Bertz CT molecular complexity index is 455. The van der Waals surface area contributed by atoms with E-state index in [1.807, 2.05) is 6.07 Å². The van der Waals surface area contributed by atoms with Crippen LogP contribution in [0.2, 0.25) is 0 Å². The molecular weight excluding hydrogens is 230 g/mol. The Morgan fingerprint density at radius 1 is 1.41 bits per heavy atom. The fourth-order valence-electron chi connectivity index (χ4n) is 2.30. The third-order valence-electron chi connectivity index (χ3n) is 3.23. The fourth-order valence-corrected chi connectivity index (χ4v) is 3.20. The Morgan fingerprint density at radius 2 is 2.35 bits per heavy atom. The molecule has 0 saturated carbocycles. The fraction of sp³-hybridized carbons (Fsp3) is 0.462. The van der Waals surface area contributed by atoms with Crippen molar-refractivity contribution in [3.63, 3.8) is 0 Å². The van der Waals surface area contributed by atoms with Gasteiger partial charge in [-0.25, -0.2) is 4.98 Å². The second kappa shape index (κ2) is 5.02. The van der Waals surface area contributed by atoms with Crippen LogP contribution in [0.1, 0.15) is 19.3 Å². The Kier molecular flexibility index (Phi) is 3.25. The highest BCUT2D eigenvalue weighted by molar-refractivity contribution is 7.22. The Morgan fingerprint density at radius 3 is 3.18 bits per heavy atom. The number of benzene rings is 1. The predicted molar refractivity (Wildman–Crippen MR) is 73.8 cm³/mol. The highest BCUT2D eigenvalue weighted by Gasteiger charge is 2.13. The minimum atomic E-state index is 0.705. The van der Waals surface area contributed by atoms with E-state index in [0.29, 0.717) is 6.04 Å². The van der Waals surface area contributed by atoms with Crippen molar-refractivity contribution in [2.45, 2.75) is 25.3 Å². The van der Waals surface area contributed by atoms with E-state index in [1.165, 1.54) is 30.5 Å². The largest absolute Gasteiger partial charge is 0.361 e. The summed E-state index contributed by atoms with van der Waals surface area (Å²) in [5, 5.41) is 7.99. The molecule has 3 nitrogen and oxygen atoms in total. The molecular formula is C13H17N3S. The maximum Gasteiger partial charge on any atom is 0.183 e. The van der Waals surface area contributed by atoms with Crippen LogP contribution in [0, 0.1) is 0 Å². The lowest BCUT2D eigenvalue weighted by Gasteiger charge is -2.09. The first kappa shape index (κ1) is 11.0. The van der Waals surface area contributed by atoms with Crippen molar-refractivity contribution < 1.29 is 0 Å². The first-order valence-electron chi connectivity index (χ1n) is 6.25. The van der Waals surface area contributed by atoms with E-state index in [4.69, 9.17) is 0 Å². The summed E-state index contributed by atoms with van der Waals surface area (Å²) < 4.78 is 1.26. The Hall–Kier alpha value is -1.13. The Balaban J connectivity index is 1.57. The number of hydrogen-bond donors (Lipinski definition) is 2. The number of aromatic nitrogens is 1. The summed E-state index contributed by atoms with van der Waals surface area (Å²) in [6.07, 6.45) is 3.84. The molecule has 4 heteroatoms. The molecule has 1 aromatic carbocycles. The SMILES string of the molecule is c1ccc2sc(NCC[C@@H]3CCCN3)nc2c1. The molecule has 0 amide bonds. The molecule has 1 aliphatic rings. The molecule has 0 bridgehead atoms. The van der Waals surface area contributed by atoms with Crippen LogP contribution in [-0.2, 0) is 0 Å². The first-order chi connectivity index (χ1) is 8.42. The van der Waals surface area contributed by atoms with E-state index in [0.717, 1.165) is 17.2 Å². The van der Waals surface area contributed by atoms with Gasteiger partial charge in [0, 0.05) is 12.6 Å². The van der Waals surface area contributed by atoms with Gasteiger partial charge in [-0.3, -0.25) is 0 Å². The number of nitrogens with one attached hydrogen (secondary N) is 2. The normalized spacial score (nSPS) is 19.9. The average molecular weight is 247 g/mol. The maximum absolute atomic E-state index is 4.56. The summed E-state index contributed by atoms with van der Waals surface area (Å²) in [6.45, 7) is 2.20. The third kappa shape index (κ3) is 2.58. The van der Waals surface area contributed by atoms with Gasteiger partial charge in [-0.05, 0) is 37.9 Å². The van der Waals surface area contributed by atoms with E-state index < -0.39 is 0 Å². The summed E-state index contributed by atoms with van der Waals surface area (Å²) in [6, 6.07) is 8.99. The maximum atomic E-state index is 4.56. The standard InChI is InChI=1S/C13H17N3S/c1-2-6-12-11(5-1)16-13(17-12)15-9-7-10-4-3-8-14-10/h1-2,5-6,10,14H,3-4,7-9H2,(H,15,16)/t10-/m0/s1. The second-order valence-corrected chi connectivity index (χ2v) is 5.53. The van der Waals surface area contributed by atoms with Crippen LogP contribution in [0.5, 0.6) is 0 Å². The second-order valence-electron chi connectivity index (χ2n) is 4.50. The Labute approximate surface area is 105 Å². The monoisotopic (exact) mass is 247 g/mol. The first-order valence-corrected chi connectivity index (χ1v) is 7.06. The quantitative estimate of drug-likeness (QED) is 0.872. The predicted octanol–water partition coefficient (Wildman–Crippen LogP) is 2.85. The number of rotatable bonds is 4. The number of thiazole rings is 1. The van der Waals surface area contributed by atoms with E-state index in [2.05, 4.69) is 33.8 Å². The van der Waals surface area contributed by atoms with Crippen molar-refractivity contribution in [3.8, 4) is 0 Å². The molecule has 2 aromatic rings. The van der Waals surface area contributed by atoms with Crippen LogP contribution in [-0.4, -0.2) is 24.1 Å². The van der Waals surface area contributed by atoms with Crippen LogP contribution in [0.4, 0.5) is 5.13 Å². The van der Waals surface area contributed by atoms with E-state index in [9.17, 15) is 0 Å². The van der Waals surface area contributed by atoms with Crippen molar-refractivity contribution >= 4 is 26.7 Å². The van der Waals surface area contributed by atoms with Gasteiger partial charge in [-0.15, -0.1) is 0 Å². The average Bonchev–Trinajstić information content (AvgIpc) is 2.96. The van der Waals surface area contributed by atoms with Gasteiger partial charge in [0.25, 0.3) is 0 Å². The molecule has 1 fully saturated rings. The topological polar surface area (TPSA) is 37.0 Å². The van der Waals surface area contributed by atoms with Gasteiger partial charge < -0.3 is 10.6 Å². The molecule has 17 heavy (non-hydrogen) atoms. The molecule has 2 heterocycles. The van der Waals surface area contributed by atoms with Gasteiger partial charge >= 0.3 is 0 Å². The molecule has 3 rings (SSSR count). The lowest BCUT2D eigenvalue weighted by atomic mass is 10.2. The van der Waals surface area contributed by atoms with Gasteiger partial charge in [-0.1, -0.05) is 23.5 Å². The van der Waals surface area contributed by atoms with Crippen molar-refractivity contribution in [1.82, 2.24) is 10.3 Å². The van der Waals surface area contributed by atoms with Crippen LogP contribution in [0.3, 0.4) is 0 Å². The molecule has 0 aliphatic carbocycles. The van der Waals surface area contributed by atoms with Gasteiger partial charge in [0.2, 0.25) is 0 Å². The summed E-state index contributed by atoms with van der Waals surface area (Å²) in [7, 11) is 0. The zero-order valence-corrected chi connectivity index (χ0v) is 10.6. The van der Waals surface area contributed by atoms with Crippen LogP contribution < -0.4 is 10.6 Å². The summed E-state index contributed by atoms with van der Waals surface area (Å²) in [4.78, 5) is 4.56. The number of para-hydroxylation sites is 1. The highest BCUT2D eigenvalue weighted by Crippen LogP contribution is 2.25. The lowest BCUT2D eigenvalue weighted by Crippen LogP contribution is -2.23. The van der Waals surface area contributed by atoms with Gasteiger partial charge in [0.15, 0.2) is 5.13 Å². The smallest absolute Gasteiger partial charge is 0.183 e. The molecule has 0 radical (unpaired) electrons. The third-order valence-corrected chi connectivity index (χ3v) is 4.22. The molecule has 90 valence electrons. The van der Waals surface area contributed by atoms with E-state index in [1.54, 1.807) is 11.3 Å². The van der Waals surface area contributed by atoms with Gasteiger partial charge in [0.1, 0.15) is 0 Å². The van der Waals surface area contributed by atoms with Gasteiger partial charge in [-0.2, -0.15) is 0 Å². The van der Waals surface area contributed by atoms with E-state index >= 15 is 0 Å². The van der Waals surface area contributed by atoms with Gasteiger partial charge in [0.05, 0.1) is 10.2 Å². The summed E-state index contributed by atoms with van der Waals surface area (Å²) >= 11 is 1.74. The highest BCUT2D eigenvalue weighted by atomic mass is 32.1. The molecule has 0 unspecified atom stereocenters. The van der Waals surface area contributed by atoms with Crippen LogP contribution >= 0.6 is 11.3 Å². The van der Waals surface area contributed by atoms with E-state index in [-0.39, 0.29) is 0 Å². The summed E-state index contributed by atoms with van der Waals surface area (Å²) in [5.41, 5.74) is 1.10. The van der Waals surface area contributed by atoms with Crippen LogP contribution in [0.25, 0.3) is 10.2 Å². The summed E-state index contributed by atoms with van der Waals surface area (Å²) in [5.74, 6) is 0. The van der Waals surface area contributed by atoms with Crippen molar-refractivity contribution in [1.29, 1.82) is 0 Å². The molecule has 1 aromatic heterocycles. The molecule has 0 spiro atoms. The number of fused-ring (bicyclic) bond motifs is 1.